The van der Waals surface area contributed by atoms with E-state index in [4.69, 9.17) is 0 Å². The number of nitrogens with zero attached hydrogens (tertiary/aromatic N) is 1. The van der Waals surface area contributed by atoms with E-state index in [-0.39, 0.29) is 0 Å². The molecule has 0 spiro atoms. The van der Waals surface area contributed by atoms with Gasteiger partial charge in [0.2, 0.25) is 0 Å². The van der Waals surface area contributed by atoms with Crippen molar-refractivity contribution in [2.75, 3.05) is 19.6 Å². The molecule has 1 nitrogen and oxygen atoms in total. The molecule has 0 aromatic heterocycles. The molecule has 72 valence electrons. The van der Waals surface area contributed by atoms with Crippen LogP contribution in [0.4, 0.5) is 0 Å². The lowest BCUT2D eigenvalue weighted by molar-refractivity contribution is 0.324. The van der Waals surface area contributed by atoms with Gasteiger partial charge in [-0.3, -0.25) is 4.90 Å². The lowest BCUT2D eigenvalue weighted by Gasteiger charge is -2.15. The van der Waals surface area contributed by atoms with Gasteiger partial charge in [0.1, 0.15) is 0 Å². The van der Waals surface area contributed by atoms with Crippen molar-refractivity contribution in [1.82, 2.24) is 4.90 Å². The summed E-state index contributed by atoms with van der Waals surface area (Å²) >= 11 is 0. The standard InChI is InChI=1S/C9H17N.C2H6/c1-4-7-9-10(6-3)8-5-2;1-2/h5-6,8-9H2,1-3H3;1-2H3. The van der Waals surface area contributed by atoms with Crippen molar-refractivity contribution < 1.29 is 0 Å². The van der Waals surface area contributed by atoms with Gasteiger partial charge in [0.05, 0.1) is 6.54 Å². The van der Waals surface area contributed by atoms with E-state index >= 15 is 0 Å². The molecule has 0 saturated carbocycles. The number of hydrogen-bond donors (Lipinski definition) is 0. The van der Waals surface area contributed by atoms with Crippen molar-refractivity contribution in [3.63, 3.8) is 0 Å². The van der Waals surface area contributed by atoms with Crippen LogP contribution in [0.5, 0.6) is 0 Å². The normalized spacial score (nSPS) is 8.17. The first-order chi connectivity index (χ1) is 5.85. The zero-order valence-corrected chi connectivity index (χ0v) is 9.28. The third-order valence-corrected chi connectivity index (χ3v) is 1.47. The van der Waals surface area contributed by atoms with Crippen LogP contribution in [0, 0.1) is 11.8 Å². The molecule has 0 N–H and O–H groups in total. The maximum atomic E-state index is 3.06. The van der Waals surface area contributed by atoms with Gasteiger partial charge in [-0.25, -0.2) is 0 Å². The Balaban J connectivity index is 0. The highest BCUT2D eigenvalue weighted by molar-refractivity contribution is 4.97. The zero-order chi connectivity index (χ0) is 9.82. The molecule has 12 heavy (non-hydrogen) atoms. The molecule has 0 bridgehead atoms. The van der Waals surface area contributed by atoms with E-state index in [1.807, 2.05) is 20.8 Å². The summed E-state index contributed by atoms with van der Waals surface area (Å²) in [5, 5.41) is 0. The maximum absolute atomic E-state index is 3.06. The molecule has 0 unspecified atom stereocenters. The molecule has 0 amide bonds. The molecular formula is C11H23N. The molecule has 0 aliphatic carbocycles. The molecule has 0 heterocycles. The minimum Gasteiger partial charge on any atom is -0.293 e. The molecule has 0 radical (unpaired) electrons. The first-order valence-electron chi connectivity index (χ1n) is 4.97. The average Bonchev–Trinajstić information content (AvgIpc) is 2.15. The second-order valence-corrected chi connectivity index (χ2v) is 2.30. The molecule has 0 saturated heterocycles. The highest BCUT2D eigenvalue weighted by Gasteiger charge is 1.95. The van der Waals surface area contributed by atoms with Crippen molar-refractivity contribution >= 4 is 0 Å². The van der Waals surface area contributed by atoms with Crippen molar-refractivity contribution in [2.24, 2.45) is 0 Å². The maximum Gasteiger partial charge on any atom is 0.0601 e. The summed E-state index contributed by atoms with van der Waals surface area (Å²) in [4.78, 5) is 2.34. The topological polar surface area (TPSA) is 3.24 Å². The second-order valence-electron chi connectivity index (χ2n) is 2.30. The Hall–Kier alpha value is -0.480. The summed E-state index contributed by atoms with van der Waals surface area (Å²) < 4.78 is 0. The molecule has 0 aliphatic heterocycles. The predicted molar refractivity (Wildman–Crippen MR) is 57.2 cm³/mol. The highest BCUT2D eigenvalue weighted by Crippen LogP contribution is 1.88. The minimum atomic E-state index is 0.931. The van der Waals surface area contributed by atoms with E-state index in [1.165, 1.54) is 13.0 Å². The van der Waals surface area contributed by atoms with Crippen LogP contribution in [-0.2, 0) is 0 Å². The van der Waals surface area contributed by atoms with E-state index in [2.05, 4.69) is 30.6 Å². The first-order valence-corrected chi connectivity index (χ1v) is 4.97. The van der Waals surface area contributed by atoms with E-state index in [0.29, 0.717) is 0 Å². The Morgan fingerprint density at radius 2 is 1.75 bits per heavy atom. The van der Waals surface area contributed by atoms with Crippen molar-refractivity contribution in [3.05, 3.63) is 0 Å². The van der Waals surface area contributed by atoms with Crippen molar-refractivity contribution in [3.8, 4) is 11.8 Å². The highest BCUT2D eigenvalue weighted by atomic mass is 15.1. The molecular weight excluding hydrogens is 146 g/mol. The minimum absolute atomic E-state index is 0.931. The van der Waals surface area contributed by atoms with Gasteiger partial charge in [-0.1, -0.05) is 33.6 Å². The Kier molecular flexibility index (Phi) is 15.4. The van der Waals surface area contributed by atoms with Crippen LogP contribution in [0.3, 0.4) is 0 Å². The van der Waals surface area contributed by atoms with E-state index in [0.717, 1.165) is 13.1 Å². The van der Waals surface area contributed by atoms with Gasteiger partial charge < -0.3 is 0 Å². The fraction of sp³-hybridized carbons (Fsp3) is 0.818. The lowest BCUT2D eigenvalue weighted by atomic mass is 10.4. The van der Waals surface area contributed by atoms with Crippen LogP contribution in [0.15, 0.2) is 0 Å². The van der Waals surface area contributed by atoms with Gasteiger partial charge in [0, 0.05) is 0 Å². The van der Waals surface area contributed by atoms with Gasteiger partial charge in [-0.15, -0.1) is 5.92 Å². The number of hydrogen-bond acceptors (Lipinski definition) is 1. The number of rotatable bonds is 4. The average molecular weight is 169 g/mol. The smallest absolute Gasteiger partial charge is 0.0601 e. The molecule has 0 fully saturated rings. The Labute approximate surface area is 78.2 Å². The molecule has 0 aromatic carbocycles. The summed E-state index contributed by atoms with van der Waals surface area (Å²) in [5.74, 6) is 5.96. The summed E-state index contributed by atoms with van der Waals surface area (Å²) in [6.07, 6.45) is 1.22. The van der Waals surface area contributed by atoms with Gasteiger partial charge in [-0.05, 0) is 26.4 Å². The quantitative estimate of drug-likeness (QED) is 0.585. The summed E-state index contributed by atoms with van der Waals surface area (Å²) in [6.45, 7) is 13.5. The van der Waals surface area contributed by atoms with Crippen LogP contribution < -0.4 is 0 Å². The Bertz CT molecular complexity index is 119. The van der Waals surface area contributed by atoms with Crippen LogP contribution in [0.25, 0.3) is 0 Å². The second kappa shape index (κ2) is 13.1. The molecule has 1 heteroatoms. The summed E-state index contributed by atoms with van der Waals surface area (Å²) in [5.41, 5.74) is 0. The van der Waals surface area contributed by atoms with Crippen LogP contribution in [0.1, 0.15) is 41.0 Å². The largest absolute Gasteiger partial charge is 0.293 e. The summed E-state index contributed by atoms with van der Waals surface area (Å²) in [7, 11) is 0. The monoisotopic (exact) mass is 169 g/mol. The van der Waals surface area contributed by atoms with Gasteiger partial charge >= 0.3 is 0 Å². The fourth-order valence-corrected chi connectivity index (χ4v) is 0.856. The van der Waals surface area contributed by atoms with E-state index < -0.39 is 0 Å². The summed E-state index contributed by atoms with van der Waals surface area (Å²) in [6, 6.07) is 0. The molecule has 0 aromatic rings. The Morgan fingerprint density at radius 1 is 1.17 bits per heavy atom. The fourth-order valence-electron chi connectivity index (χ4n) is 0.856. The lowest BCUT2D eigenvalue weighted by Crippen LogP contribution is -2.24. The zero-order valence-electron chi connectivity index (χ0n) is 9.28. The molecule has 0 atom stereocenters. The SMILES string of the molecule is CC.CC#CCN(CC)CCC. The van der Waals surface area contributed by atoms with Gasteiger partial charge in [0.15, 0.2) is 0 Å². The Morgan fingerprint density at radius 3 is 2.08 bits per heavy atom. The van der Waals surface area contributed by atoms with Crippen LogP contribution in [0.2, 0.25) is 0 Å². The predicted octanol–water partition coefficient (Wildman–Crippen LogP) is 2.77. The molecule has 0 rings (SSSR count). The third-order valence-electron chi connectivity index (χ3n) is 1.47. The van der Waals surface area contributed by atoms with Crippen molar-refractivity contribution in [1.29, 1.82) is 0 Å². The van der Waals surface area contributed by atoms with E-state index in [1.54, 1.807) is 0 Å². The molecule has 0 aliphatic rings. The van der Waals surface area contributed by atoms with E-state index in [9.17, 15) is 0 Å². The van der Waals surface area contributed by atoms with Crippen LogP contribution in [-0.4, -0.2) is 24.5 Å². The van der Waals surface area contributed by atoms with Crippen molar-refractivity contribution in [2.45, 2.75) is 41.0 Å². The van der Waals surface area contributed by atoms with Gasteiger partial charge in [-0.2, -0.15) is 0 Å². The first kappa shape index (κ1) is 14.1. The van der Waals surface area contributed by atoms with Gasteiger partial charge in [0.25, 0.3) is 0 Å². The van der Waals surface area contributed by atoms with Crippen LogP contribution >= 0.6 is 0 Å². The third kappa shape index (κ3) is 9.52.